The number of aromatic nitrogens is 2. The normalized spacial score (nSPS) is 14.5. The molecule has 4 rings (SSSR count). The molecule has 0 spiro atoms. The lowest BCUT2D eigenvalue weighted by Gasteiger charge is -2.34. The van der Waals surface area contributed by atoms with Crippen LogP contribution < -0.4 is 0 Å². The quantitative estimate of drug-likeness (QED) is 0.684. The van der Waals surface area contributed by atoms with Gasteiger partial charge in [0, 0.05) is 26.2 Å². The minimum Gasteiger partial charge on any atom is -0.463 e. The Morgan fingerprint density at radius 3 is 2.64 bits per heavy atom. The van der Waals surface area contributed by atoms with Crippen molar-refractivity contribution in [3.63, 3.8) is 0 Å². The zero-order valence-electron chi connectivity index (χ0n) is 15.7. The smallest absolute Gasteiger partial charge is 0.409 e. The van der Waals surface area contributed by atoms with E-state index in [-0.39, 0.29) is 12.0 Å². The van der Waals surface area contributed by atoms with Crippen molar-refractivity contribution >= 4 is 23.1 Å². The zero-order chi connectivity index (χ0) is 19.7. The Hall–Kier alpha value is -3.36. The topological polar surface area (TPSA) is 102 Å². The van der Waals surface area contributed by atoms with Gasteiger partial charge in [-0.1, -0.05) is 5.16 Å². The molecule has 0 unspecified atom stereocenters. The van der Waals surface area contributed by atoms with Gasteiger partial charge in [0.25, 0.3) is 11.6 Å². The highest BCUT2D eigenvalue weighted by molar-refractivity contribution is 6.07. The number of furan rings is 1. The second kappa shape index (κ2) is 7.34. The summed E-state index contributed by atoms with van der Waals surface area (Å²) in [6, 6.07) is 5.22. The number of piperazine rings is 1. The molecule has 3 aromatic rings. The predicted molar refractivity (Wildman–Crippen MR) is 98.7 cm³/mol. The third kappa shape index (κ3) is 3.19. The van der Waals surface area contributed by atoms with Crippen molar-refractivity contribution in [2.75, 3.05) is 32.8 Å². The fraction of sp³-hybridized carbons (Fsp3) is 0.368. The van der Waals surface area contributed by atoms with E-state index in [2.05, 4.69) is 10.1 Å². The summed E-state index contributed by atoms with van der Waals surface area (Å²) < 4.78 is 15.7. The van der Waals surface area contributed by atoms with E-state index >= 15 is 0 Å². The zero-order valence-corrected chi connectivity index (χ0v) is 15.7. The van der Waals surface area contributed by atoms with Gasteiger partial charge in [0.1, 0.15) is 5.69 Å². The largest absolute Gasteiger partial charge is 0.463 e. The molecule has 0 aromatic carbocycles. The maximum absolute atomic E-state index is 13.3. The number of nitrogens with zero attached hydrogens (tertiary/aromatic N) is 4. The van der Waals surface area contributed by atoms with Crippen molar-refractivity contribution in [2.45, 2.75) is 13.8 Å². The van der Waals surface area contributed by atoms with Gasteiger partial charge in [-0.2, -0.15) is 0 Å². The lowest BCUT2D eigenvalue weighted by Crippen LogP contribution is -2.50. The van der Waals surface area contributed by atoms with Gasteiger partial charge in [0.2, 0.25) is 0 Å². The highest BCUT2D eigenvalue weighted by atomic mass is 16.6. The number of pyridine rings is 1. The lowest BCUT2D eigenvalue weighted by atomic mass is 10.1. The van der Waals surface area contributed by atoms with Gasteiger partial charge in [0.05, 0.1) is 29.5 Å². The number of rotatable bonds is 3. The van der Waals surface area contributed by atoms with Crippen LogP contribution in [0.2, 0.25) is 0 Å². The third-order valence-electron chi connectivity index (χ3n) is 4.71. The molecule has 1 saturated heterocycles. The SMILES string of the molecule is CCOC(=O)N1CCN(C(=O)c2cc(-c3ccco3)nc3onc(C)c23)CC1. The molecule has 9 nitrogen and oxygen atoms in total. The standard InChI is InChI=1S/C19H20N4O5/c1-3-26-19(25)23-8-6-22(7-9-23)18(24)13-11-14(15-5-4-10-27-15)20-17-16(13)12(2)21-28-17/h4-5,10-11H,3,6-9H2,1-2H3. The summed E-state index contributed by atoms with van der Waals surface area (Å²) in [4.78, 5) is 32.9. The molecule has 0 saturated carbocycles. The van der Waals surface area contributed by atoms with E-state index in [1.54, 1.807) is 48.1 Å². The van der Waals surface area contributed by atoms with E-state index in [1.165, 1.54) is 0 Å². The van der Waals surface area contributed by atoms with E-state index in [4.69, 9.17) is 13.7 Å². The molecule has 1 aliphatic rings. The highest BCUT2D eigenvalue weighted by Gasteiger charge is 2.28. The van der Waals surface area contributed by atoms with E-state index in [0.717, 1.165) is 0 Å². The molecule has 1 aliphatic heterocycles. The number of carbonyl (C=O) groups excluding carboxylic acids is 2. The second-order valence-corrected chi connectivity index (χ2v) is 6.46. The average Bonchev–Trinajstić information content (AvgIpc) is 3.37. The van der Waals surface area contributed by atoms with Crippen LogP contribution in [0.1, 0.15) is 23.0 Å². The summed E-state index contributed by atoms with van der Waals surface area (Å²) >= 11 is 0. The van der Waals surface area contributed by atoms with Gasteiger partial charge in [-0.25, -0.2) is 9.78 Å². The van der Waals surface area contributed by atoms with Crippen molar-refractivity contribution in [2.24, 2.45) is 0 Å². The number of fused-ring (bicyclic) bond motifs is 1. The van der Waals surface area contributed by atoms with E-state index in [1.807, 2.05) is 0 Å². The molecular weight excluding hydrogens is 364 g/mol. The monoisotopic (exact) mass is 384 g/mol. The second-order valence-electron chi connectivity index (χ2n) is 6.46. The van der Waals surface area contributed by atoms with Gasteiger partial charge in [-0.15, -0.1) is 0 Å². The molecule has 0 N–H and O–H groups in total. The molecule has 3 aromatic heterocycles. The number of hydrogen-bond donors (Lipinski definition) is 0. The van der Waals surface area contributed by atoms with Crippen LogP contribution >= 0.6 is 0 Å². The number of hydrogen-bond acceptors (Lipinski definition) is 7. The maximum atomic E-state index is 13.3. The van der Waals surface area contributed by atoms with Crippen LogP contribution in [0.15, 0.2) is 33.4 Å². The number of amides is 2. The molecule has 146 valence electrons. The Labute approximate surface area is 160 Å². The predicted octanol–water partition coefficient (Wildman–Crippen LogP) is 2.71. The van der Waals surface area contributed by atoms with Crippen LogP contribution in [0, 0.1) is 6.92 Å². The van der Waals surface area contributed by atoms with Crippen LogP contribution in [-0.2, 0) is 4.74 Å². The third-order valence-corrected chi connectivity index (χ3v) is 4.71. The fourth-order valence-electron chi connectivity index (χ4n) is 3.29. The first-order valence-electron chi connectivity index (χ1n) is 9.10. The van der Waals surface area contributed by atoms with Crippen LogP contribution in [0.3, 0.4) is 0 Å². The summed E-state index contributed by atoms with van der Waals surface area (Å²) in [6.07, 6.45) is 1.19. The minimum absolute atomic E-state index is 0.157. The first-order chi connectivity index (χ1) is 13.6. The van der Waals surface area contributed by atoms with Gasteiger partial charge in [-0.05, 0) is 32.0 Å². The van der Waals surface area contributed by atoms with Crippen LogP contribution in [-0.4, -0.2) is 64.7 Å². The Morgan fingerprint density at radius 1 is 1.21 bits per heavy atom. The number of carbonyl (C=O) groups is 2. The van der Waals surface area contributed by atoms with Gasteiger partial charge >= 0.3 is 6.09 Å². The minimum atomic E-state index is -0.351. The Bertz CT molecular complexity index is 1000. The molecule has 28 heavy (non-hydrogen) atoms. The van der Waals surface area contributed by atoms with E-state index in [0.29, 0.717) is 66.6 Å². The van der Waals surface area contributed by atoms with Crippen molar-refractivity contribution < 1.29 is 23.3 Å². The van der Waals surface area contributed by atoms with Crippen molar-refractivity contribution in [3.05, 3.63) is 35.7 Å². The first-order valence-corrected chi connectivity index (χ1v) is 9.10. The first kappa shape index (κ1) is 18.0. The van der Waals surface area contributed by atoms with Crippen LogP contribution in [0.25, 0.3) is 22.6 Å². The Kier molecular flexibility index (Phi) is 4.72. The summed E-state index contributed by atoms with van der Waals surface area (Å²) in [6.45, 7) is 5.55. The molecule has 0 radical (unpaired) electrons. The lowest BCUT2D eigenvalue weighted by molar-refractivity contribution is 0.0572. The Morgan fingerprint density at radius 2 is 1.96 bits per heavy atom. The summed E-state index contributed by atoms with van der Waals surface area (Å²) in [5.74, 6) is 0.382. The van der Waals surface area contributed by atoms with Crippen molar-refractivity contribution in [1.29, 1.82) is 0 Å². The molecule has 0 aliphatic carbocycles. The van der Waals surface area contributed by atoms with Crippen molar-refractivity contribution in [1.82, 2.24) is 19.9 Å². The molecule has 0 bridgehead atoms. The molecule has 2 amide bonds. The van der Waals surface area contributed by atoms with Crippen LogP contribution in [0.5, 0.6) is 0 Å². The molecule has 0 atom stereocenters. The van der Waals surface area contributed by atoms with Crippen molar-refractivity contribution in [3.8, 4) is 11.5 Å². The van der Waals surface area contributed by atoms with E-state index in [9.17, 15) is 9.59 Å². The maximum Gasteiger partial charge on any atom is 0.409 e. The number of ether oxygens (including phenoxy) is 1. The average molecular weight is 384 g/mol. The number of aryl methyl sites for hydroxylation is 1. The van der Waals surface area contributed by atoms with Gasteiger partial charge in [-0.3, -0.25) is 4.79 Å². The Balaban J connectivity index is 1.62. The summed E-state index contributed by atoms with van der Waals surface area (Å²) in [5, 5.41) is 4.54. The molecule has 4 heterocycles. The molecule has 9 heteroatoms. The van der Waals surface area contributed by atoms with Crippen LogP contribution in [0.4, 0.5) is 4.79 Å². The highest BCUT2D eigenvalue weighted by Crippen LogP contribution is 2.28. The van der Waals surface area contributed by atoms with Gasteiger partial charge < -0.3 is 23.5 Å². The fourth-order valence-corrected chi connectivity index (χ4v) is 3.29. The van der Waals surface area contributed by atoms with E-state index < -0.39 is 0 Å². The molecular formula is C19H20N4O5. The summed E-state index contributed by atoms with van der Waals surface area (Å²) in [5.41, 5.74) is 1.85. The summed E-state index contributed by atoms with van der Waals surface area (Å²) in [7, 11) is 0. The van der Waals surface area contributed by atoms with Gasteiger partial charge in [0.15, 0.2) is 5.76 Å². The molecule has 1 fully saturated rings.